The van der Waals surface area contributed by atoms with Gasteiger partial charge in [-0.1, -0.05) is 24.6 Å². The number of carbonyl (C=O) groups excluding carboxylic acids is 1. The van der Waals surface area contributed by atoms with Crippen molar-refractivity contribution in [2.24, 2.45) is 5.92 Å². The number of fused-ring (bicyclic) bond motifs is 1. The van der Waals surface area contributed by atoms with Crippen LogP contribution in [0.25, 0.3) is 15.9 Å². The molecule has 1 aliphatic rings. The summed E-state index contributed by atoms with van der Waals surface area (Å²) in [6, 6.07) is 8.38. The number of carbonyl (C=O) groups is 1. The van der Waals surface area contributed by atoms with Gasteiger partial charge < -0.3 is 14.6 Å². The van der Waals surface area contributed by atoms with Crippen LogP contribution in [0.1, 0.15) is 18.9 Å². The van der Waals surface area contributed by atoms with Gasteiger partial charge in [0.2, 0.25) is 0 Å². The average Bonchev–Trinajstić information content (AvgIpc) is 3.24. The molecule has 172 valence electrons. The molecule has 1 aromatic carbocycles. The summed E-state index contributed by atoms with van der Waals surface area (Å²) < 4.78 is 27.7. The lowest BCUT2D eigenvalue weighted by Crippen LogP contribution is -2.53. The molecule has 0 N–H and O–H groups in total. The van der Waals surface area contributed by atoms with Crippen molar-refractivity contribution >= 4 is 32.8 Å². The Hall–Kier alpha value is -3.45. The van der Waals surface area contributed by atoms with Crippen LogP contribution in [-0.4, -0.2) is 65.9 Å². The second-order valence-corrected chi connectivity index (χ2v) is 10.3. The van der Waals surface area contributed by atoms with E-state index >= 15 is 0 Å². The van der Waals surface area contributed by atoms with Gasteiger partial charge in [-0.05, 0) is 37.5 Å². The number of rotatable bonds is 5. The standard InChI is InChI=1S/C23H26N6O3S/c1-16-5-7-18(8-6-16)33(31,32)29-12-10-19-22(25-15-26-23(19)29)27(4)20-14-28(11-9-17(20)2)21(30)13-24-3/h5-8,10,12,15,17,20H,9,11,13-14H2,1-2,4H3/t17-,20+/m1/s1. The molecule has 1 aliphatic heterocycles. The van der Waals surface area contributed by atoms with Crippen molar-refractivity contribution in [3.63, 3.8) is 0 Å². The van der Waals surface area contributed by atoms with Gasteiger partial charge in [-0.15, -0.1) is 0 Å². The number of piperidine rings is 1. The van der Waals surface area contributed by atoms with Crippen LogP contribution in [0.2, 0.25) is 0 Å². The highest BCUT2D eigenvalue weighted by molar-refractivity contribution is 7.90. The molecule has 3 aromatic rings. The number of anilines is 1. The minimum atomic E-state index is -3.82. The van der Waals surface area contributed by atoms with E-state index in [0.29, 0.717) is 29.9 Å². The van der Waals surface area contributed by atoms with Crippen molar-refractivity contribution in [3.05, 3.63) is 59.8 Å². The summed E-state index contributed by atoms with van der Waals surface area (Å²) in [4.78, 5) is 28.1. The first-order chi connectivity index (χ1) is 15.7. The Labute approximate surface area is 193 Å². The smallest absolute Gasteiger partial charge is 0.302 e. The van der Waals surface area contributed by atoms with Crippen molar-refractivity contribution in [2.45, 2.75) is 31.2 Å². The Morgan fingerprint density at radius 2 is 1.97 bits per heavy atom. The van der Waals surface area contributed by atoms with Gasteiger partial charge in [-0.3, -0.25) is 4.79 Å². The SMILES string of the molecule is [C-]#[N+]CC(=O)N1CC[C@@H](C)[C@@H](N(C)c2ncnc3c2ccn3S(=O)(=O)c2ccc(C)cc2)C1. The first kappa shape index (κ1) is 22.7. The average molecular weight is 467 g/mol. The van der Waals surface area contributed by atoms with Crippen molar-refractivity contribution in [1.82, 2.24) is 18.8 Å². The van der Waals surface area contributed by atoms with Crippen LogP contribution >= 0.6 is 0 Å². The van der Waals surface area contributed by atoms with Gasteiger partial charge in [-0.2, -0.15) is 0 Å². The zero-order chi connectivity index (χ0) is 23.8. The molecule has 2 atom stereocenters. The van der Waals surface area contributed by atoms with E-state index in [1.54, 1.807) is 35.2 Å². The van der Waals surface area contributed by atoms with Crippen molar-refractivity contribution in [2.75, 3.05) is 31.6 Å². The van der Waals surface area contributed by atoms with Gasteiger partial charge in [-0.25, -0.2) is 28.9 Å². The maximum absolute atomic E-state index is 13.3. The van der Waals surface area contributed by atoms with E-state index < -0.39 is 10.0 Å². The molecule has 0 radical (unpaired) electrons. The molecule has 10 heteroatoms. The molecule has 0 spiro atoms. The number of nitrogens with zero attached hydrogens (tertiary/aromatic N) is 6. The van der Waals surface area contributed by atoms with Crippen molar-refractivity contribution in [3.8, 4) is 0 Å². The molecule has 33 heavy (non-hydrogen) atoms. The van der Waals surface area contributed by atoms with E-state index in [2.05, 4.69) is 21.7 Å². The predicted octanol–water partition coefficient (Wildman–Crippen LogP) is 2.57. The lowest BCUT2D eigenvalue weighted by Gasteiger charge is -2.41. The topological polar surface area (TPSA) is 92.8 Å². The molecule has 0 saturated carbocycles. The summed E-state index contributed by atoms with van der Waals surface area (Å²) in [6.07, 6.45) is 3.68. The highest BCUT2D eigenvalue weighted by Gasteiger charge is 2.33. The molecule has 0 bridgehead atoms. The second-order valence-electron chi connectivity index (χ2n) is 8.46. The van der Waals surface area contributed by atoms with E-state index in [0.717, 1.165) is 12.0 Å². The second kappa shape index (κ2) is 8.83. The van der Waals surface area contributed by atoms with Crippen LogP contribution in [0.5, 0.6) is 0 Å². The maximum Gasteiger partial charge on any atom is 0.302 e. The number of aromatic nitrogens is 3. The molecule has 1 fully saturated rings. The number of amides is 1. The number of hydrogen-bond acceptors (Lipinski definition) is 6. The van der Waals surface area contributed by atoms with Gasteiger partial charge in [0.15, 0.2) is 5.65 Å². The molecule has 0 unspecified atom stereocenters. The van der Waals surface area contributed by atoms with Gasteiger partial charge >= 0.3 is 5.91 Å². The Morgan fingerprint density at radius 1 is 1.24 bits per heavy atom. The first-order valence-corrected chi connectivity index (χ1v) is 12.2. The van der Waals surface area contributed by atoms with E-state index in [9.17, 15) is 13.2 Å². The Balaban J connectivity index is 1.70. The molecule has 4 rings (SSSR count). The van der Waals surface area contributed by atoms with Crippen LogP contribution in [-0.2, 0) is 14.8 Å². The Morgan fingerprint density at radius 3 is 2.67 bits per heavy atom. The van der Waals surface area contributed by atoms with E-state index in [1.807, 2.05) is 18.9 Å². The maximum atomic E-state index is 13.3. The monoisotopic (exact) mass is 466 g/mol. The third kappa shape index (κ3) is 4.16. The van der Waals surface area contributed by atoms with Crippen molar-refractivity contribution in [1.29, 1.82) is 0 Å². The van der Waals surface area contributed by atoms with Crippen molar-refractivity contribution < 1.29 is 13.2 Å². The van der Waals surface area contributed by atoms with Gasteiger partial charge in [0.25, 0.3) is 16.6 Å². The fraction of sp³-hybridized carbons (Fsp3) is 0.391. The predicted molar refractivity (Wildman–Crippen MR) is 125 cm³/mol. The fourth-order valence-corrected chi connectivity index (χ4v) is 5.62. The summed E-state index contributed by atoms with van der Waals surface area (Å²) >= 11 is 0. The van der Waals surface area contributed by atoms with Crippen LogP contribution < -0.4 is 4.90 Å². The number of benzene rings is 1. The first-order valence-electron chi connectivity index (χ1n) is 10.7. The highest BCUT2D eigenvalue weighted by Crippen LogP contribution is 2.31. The Kier molecular flexibility index (Phi) is 6.08. The minimum absolute atomic E-state index is 0.0245. The zero-order valence-electron chi connectivity index (χ0n) is 18.8. The third-order valence-electron chi connectivity index (χ3n) is 6.32. The van der Waals surface area contributed by atoms with Gasteiger partial charge in [0, 0.05) is 26.3 Å². The molecule has 1 saturated heterocycles. The number of aryl methyl sites for hydroxylation is 1. The molecule has 9 nitrogen and oxygen atoms in total. The van der Waals surface area contributed by atoms with Crippen LogP contribution in [0, 0.1) is 19.4 Å². The lowest BCUT2D eigenvalue weighted by molar-refractivity contribution is -0.130. The highest BCUT2D eigenvalue weighted by atomic mass is 32.2. The summed E-state index contributed by atoms with van der Waals surface area (Å²) in [7, 11) is -1.92. The number of hydrogen-bond donors (Lipinski definition) is 0. The summed E-state index contributed by atoms with van der Waals surface area (Å²) in [6.45, 7) is 12.0. The molecule has 3 heterocycles. The molecule has 0 aliphatic carbocycles. The number of likely N-dealkylation sites (tertiary alicyclic amines) is 1. The fourth-order valence-electron chi connectivity index (χ4n) is 4.32. The third-order valence-corrected chi connectivity index (χ3v) is 8.00. The van der Waals surface area contributed by atoms with E-state index in [4.69, 9.17) is 6.57 Å². The molecule has 1 amide bonds. The van der Waals surface area contributed by atoms with Crippen LogP contribution in [0.4, 0.5) is 5.82 Å². The summed E-state index contributed by atoms with van der Waals surface area (Å²) in [5.41, 5.74) is 1.28. The molecular weight excluding hydrogens is 440 g/mol. The lowest BCUT2D eigenvalue weighted by atomic mass is 9.92. The van der Waals surface area contributed by atoms with E-state index in [-0.39, 0.29) is 29.3 Å². The number of likely N-dealkylation sites (N-methyl/N-ethyl adjacent to an activating group) is 1. The zero-order valence-corrected chi connectivity index (χ0v) is 19.7. The van der Waals surface area contributed by atoms with E-state index in [1.165, 1.54) is 16.5 Å². The summed E-state index contributed by atoms with van der Waals surface area (Å²) in [5.74, 6) is 0.725. The van der Waals surface area contributed by atoms with Crippen LogP contribution in [0.15, 0.2) is 47.8 Å². The Bertz CT molecular complexity index is 1330. The quantitative estimate of drug-likeness (QED) is 0.537. The normalized spacial score (nSPS) is 18.8. The summed E-state index contributed by atoms with van der Waals surface area (Å²) in [5, 5.41) is 0.618. The van der Waals surface area contributed by atoms with Crippen LogP contribution in [0.3, 0.4) is 0 Å². The van der Waals surface area contributed by atoms with Gasteiger partial charge in [0.05, 0.1) is 16.3 Å². The molecule has 2 aromatic heterocycles. The molecular formula is C23H26N6O3S. The largest absolute Gasteiger partial charge is 0.354 e. The minimum Gasteiger partial charge on any atom is -0.354 e. The van der Waals surface area contributed by atoms with Gasteiger partial charge in [0.1, 0.15) is 12.1 Å².